The molecule has 27 heavy (non-hydrogen) atoms. The topological polar surface area (TPSA) is 64.7 Å². The van der Waals surface area contributed by atoms with Gasteiger partial charge in [-0.1, -0.05) is 23.7 Å². The zero-order valence-corrected chi connectivity index (χ0v) is 16.2. The van der Waals surface area contributed by atoms with Gasteiger partial charge < -0.3 is 20.4 Å². The van der Waals surface area contributed by atoms with E-state index in [1.807, 2.05) is 37.3 Å². The summed E-state index contributed by atoms with van der Waals surface area (Å²) in [6.07, 6.45) is 0. The maximum absolute atomic E-state index is 12.6. The van der Waals surface area contributed by atoms with E-state index in [0.29, 0.717) is 18.1 Å². The monoisotopic (exact) mass is 386 g/mol. The molecule has 0 aromatic heterocycles. The van der Waals surface area contributed by atoms with Crippen LogP contribution in [-0.2, 0) is 4.79 Å². The number of carbonyl (C=O) groups is 2. The van der Waals surface area contributed by atoms with Gasteiger partial charge in [0, 0.05) is 55.2 Å². The highest BCUT2D eigenvalue weighted by atomic mass is 35.5. The maximum atomic E-state index is 12.6. The molecule has 1 fully saturated rings. The number of hydrogen-bond acceptors (Lipinski definition) is 3. The molecular formula is C20H23ClN4O2. The Bertz CT molecular complexity index is 848. The normalized spacial score (nSPS) is 14.0. The summed E-state index contributed by atoms with van der Waals surface area (Å²) in [4.78, 5) is 27.8. The molecular weight excluding hydrogens is 364 g/mol. The van der Waals surface area contributed by atoms with Crippen molar-refractivity contribution in [3.05, 3.63) is 53.1 Å². The molecule has 2 aromatic carbocycles. The fraction of sp³-hybridized carbons (Fsp3) is 0.300. The fourth-order valence-corrected chi connectivity index (χ4v) is 3.25. The molecule has 1 aliphatic rings. The van der Waals surface area contributed by atoms with Gasteiger partial charge >= 0.3 is 6.03 Å². The Morgan fingerprint density at radius 1 is 1.00 bits per heavy atom. The predicted molar refractivity (Wildman–Crippen MR) is 110 cm³/mol. The summed E-state index contributed by atoms with van der Waals surface area (Å²) < 4.78 is 0. The van der Waals surface area contributed by atoms with Gasteiger partial charge in [-0.25, -0.2) is 4.79 Å². The second kappa shape index (κ2) is 8.31. The van der Waals surface area contributed by atoms with Crippen molar-refractivity contribution in [2.45, 2.75) is 13.8 Å². The van der Waals surface area contributed by atoms with E-state index in [1.165, 1.54) is 6.92 Å². The van der Waals surface area contributed by atoms with Crippen LogP contribution in [0.5, 0.6) is 0 Å². The third kappa shape index (κ3) is 4.92. The van der Waals surface area contributed by atoms with E-state index in [0.717, 1.165) is 35.7 Å². The second-order valence-corrected chi connectivity index (χ2v) is 7.03. The zero-order valence-electron chi connectivity index (χ0n) is 15.5. The standard InChI is InChI=1S/C20H23ClN4O2/c1-14-6-7-16(21)12-19(14)23-20(27)25-10-8-24(9-11-25)18-5-3-4-17(13-18)22-15(2)26/h3-7,12-13H,8-11H2,1-2H3,(H,22,26)(H,23,27). The van der Waals surface area contributed by atoms with Crippen LogP contribution in [0.15, 0.2) is 42.5 Å². The third-order valence-corrected chi connectivity index (χ3v) is 4.77. The van der Waals surface area contributed by atoms with E-state index in [4.69, 9.17) is 11.6 Å². The minimum absolute atomic E-state index is 0.0926. The summed E-state index contributed by atoms with van der Waals surface area (Å²) in [5.41, 5.74) is 3.52. The molecule has 1 aliphatic heterocycles. The Balaban J connectivity index is 1.59. The van der Waals surface area contributed by atoms with Crippen molar-refractivity contribution in [3.63, 3.8) is 0 Å². The number of halogens is 1. The van der Waals surface area contributed by atoms with Gasteiger partial charge in [-0.05, 0) is 42.8 Å². The smallest absolute Gasteiger partial charge is 0.321 e. The summed E-state index contributed by atoms with van der Waals surface area (Å²) in [5, 5.41) is 6.34. The van der Waals surface area contributed by atoms with Gasteiger partial charge in [-0.2, -0.15) is 0 Å². The maximum Gasteiger partial charge on any atom is 0.321 e. The zero-order chi connectivity index (χ0) is 19.4. The molecule has 2 N–H and O–H groups in total. The molecule has 1 saturated heterocycles. The molecule has 0 saturated carbocycles. The number of piperazine rings is 1. The van der Waals surface area contributed by atoms with Crippen molar-refractivity contribution in [1.82, 2.24) is 4.90 Å². The lowest BCUT2D eigenvalue weighted by Gasteiger charge is -2.36. The van der Waals surface area contributed by atoms with Crippen molar-refractivity contribution in [1.29, 1.82) is 0 Å². The first kappa shape index (κ1) is 19.0. The third-order valence-electron chi connectivity index (χ3n) is 4.54. The number of hydrogen-bond donors (Lipinski definition) is 2. The number of rotatable bonds is 3. The molecule has 3 amide bonds. The van der Waals surface area contributed by atoms with Crippen LogP contribution in [-0.4, -0.2) is 43.0 Å². The van der Waals surface area contributed by atoms with E-state index < -0.39 is 0 Å². The van der Waals surface area contributed by atoms with Crippen molar-refractivity contribution in [2.24, 2.45) is 0 Å². The van der Waals surface area contributed by atoms with Crippen molar-refractivity contribution < 1.29 is 9.59 Å². The summed E-state index contributed by atoms with van der Waals surface area (Å²) in [5.74, 6) is -0.0926. The Morgan fingerprint density at radius 2 is 1.74 bits per heavy atom. The van der Waals surface area contributed by atoms with Crippen LogP contribution < -0.4 is 15.5 Å². The summed E-state index contributed by atoms with van der Waals surface area (Å²) in [6, 6.07) is 13.1. The lowest BCUT2D eigenvalue weighted by Crippen LogP contribution is -2.50. The van der Waals surface area contributed by atoms with Gasteiger partial charge in [0.15, 0.2) is 0 Å². The van der Waals surface area contributed by atoms with Crippen LogP contribution in [0.4, 0.5) is 21.9 Å². The first-order valence-electron chi connectivity index (χ1n) is 8.87. The van der Waals surface area contributed by atoms with Crippen LogP contribution in [0.25, 0.3) is 0 Å². The lowest BCUT2D eigenvalue weighted by molar-refractivity contribution is -0.114. The number of urea groups is 1. The van der Waals surface area contributed by atoms with Gasteiger partial charge in [0.2, 0.25) is 5.91 Å². The first-order chi connectivity index (χ1) is 12.9. The fourth-order valence-electron chi connectivity index (χ4n) is 3.07. The Hall–Kier alpha value is -2.73. The summed E-state index contributed by atoms with van der Waals surface area (Å²) in [7, 11) is 0. The molecule has 7 heteroatoms. The minimum atomic E-state index is -0.119. The van der Waals surface area contributed by atoms with Crippen LogP contribution in [0.2, 0.25) is 5.02 Å². The van der Waals surface area contributed by atoms with Gasteiger partial charge in [0.05, 0.1) is 0 Å². The predicted octanol–water partition coefficient (Wildman–Crippen LogP) is 3.96. The van der Waals surface area contributed by atoms with E-state index in [9.17, 15) is 9.59 Å². The number of nitrogens with zero attached hydrogens (tertiary/aromatic N) is 2. The number of amides is 3. The van der Waals surface area contributed by atoms with Gasteiger partial charge in [0.1, 0.15) is 0 Å². The summed E-state index contributed by atoms with van der Waals surface area (Å²) >= 11 is 6.02. The van der Waals surface area contributed by atoms with Gasteiger partial charge in [-0.15, -0.1) is 0 Å². The van der Waals surface area contributed by atoms with Crippen LogP contribution >= 0.6 is 11.6 Å². The van der Waals surface area contributed by atoms with Gasteiger partial charge in [-0.3, -0.25) is 4.79 Å². The number of benzene rings is 2. The second-order valence-electron chi connectivity index (χ2n) is 6.60. The number of carbonyl (C=O) groups excluding carboxylic acids is 2. The molecule has 0 unspecified atom stereocenters. The minimum Gasteiger partial charge on any atom is -0.368 e. The highest BCUT2D eigenvalue weighted by molar-refractivity contribution is 6.31. The van der Waals surface area contributed by atoms with E-state index in [2.05, 4.69) is 15.5 Å². The quantitative estimate of drug-likeness (QED) is 0.839. The number of aryl methyl sites for hydroxylation is 1. The largest absolute Gasteiger partial charge is 0.368 e. The molecule has 2 aromatic rings. The molecule has 0 atom stereocenters. The average molecular weight is 387 g/mol. The molecule has 0 spiro atoms. The van der Waals surface area contributed by atoms with E-state index >= 15 is 0 Å². The number of anilines is 3. The lowest BCUT2D eigenvalue weighted by atomic mass is 10.2. The molecule has 1 heterocycles. The highest BCUT2D eigenvalue weighted by Crippen LogP contribution is 2.23. The van der Waals surface area contributed by atoms with Gasteiger partial charge in [0.25, 0.3) is 0 Å². The first-order valence-corrected chi connectivity index (χ1v) is 9.25. The Labute approximate surface area is 164 Å². The molecule has 142 valence electrons. The van der Waals surface area contributed by atoms with Crippen molar-refractivity contribution in [3.8, 4) is 0 Å². The molecule has 0 aliphatic carbocycles. The Morgan fingerprint density at radius 3 is 2.44 bits per heavy atom. The molecule has 6 nitrogen and oxygen atoms in total. The molecule has 3 rings (SSSR count). The van der Waals surface area contributed by atoms with E-state index in [-0.39, 0.29) is 11.9 Å². The highest BCUT2D eigenvalue weighted by Gasteiger charge is 2.22. The van der Waals surface area contributed by atoms with E-state index in [1.54, 1.807) is 17.0 Å². The van der Waals surface area contributed by atoms with Crippen molar-refractivity contribution in [2.75, 3.05) is 41.7 Å². The number of nitrogens with one attached hydrogen (secondary N) is 2. The molecule has 0 radical (unpaired) electrons. The van der Waals surface area contributed by atoms with Crippen LogP contribution in [0.3, 0.4) is 0 Å². The summed E-state index contributed by atoms with van der Waals surface area (Å²) in [6.45, 7) is 6.13. The molecule has 0 bridgehead atoms. The van der Waals surface area contributed by atoms with Crippen LogP contribution in [0, 0.1) is 6.92 Å². The van der Waals surface area contributed by atoms with Crippen molar-refractivity contribution >= 4 is 40.6 Å². The SMILES string of the molecule is CC(=O)Nc1cccc(N2CCN(C(=O)Nc3cc(Cl)ccc3C)CC2)c1. The van der Waals surface area contributed by atoms with Crippen LogP contribution in [0.1, 0.15) is 12.5 Å². The Kier molecular flexibility index (Phi) is 5.86. The average Bonchev–Trinajstić information content (AvgIpc) is 2.64.